The van der Waals surface area contributed by atoms with Gasteiger partial charge >= 0.3 is 0 Å². The van der Waals surface area contributed by atoms with Crippen LogP contribution in [0.3, 0.4) is 0 Å². The lowest BCUT2D eigenvalue weighted by molar-refractivity contribution is 0.0994. The van der Waals surface area contributed by atoms with E-state index in [9.17, 15) is 4.79 Å². The van der Waals surface area contributed by atoms with Gasteiger partial charge in [0, 0.05) is 18.0 Å². The average molecular weight is 315 g/mol. The van der Waals surface area contributed by atoms with Gasteiger partial charge in [0.05, 0.1) is 5.69 Å². The maximum Gasteiger partial charge on any atom is 0.267 e. The Kier molecular flexibility index (Phi) is 4.21. The van der Waals surface area contributed by atoms with E-state index >= 15 is 0 Å². The Morgan fingerprint density at radius 3 is 2.87 bits per heavy atom. The number of rotatable bonds is 3. The molecule has 4 nitrogen and oxygen atoms in total. The third kappa shape index (κ3) is 3.01. The van der Waals surface area contributed by atoms with Gasteiger partial charge in [0.2, 0.25) is 0 Å². The highest BCUT2D eigenvalue weighted by Crippen LogP contribution is 2.41. The van der Waals surface area contributed by atoms with Gasteiger partial charge in [-0.1, -0.05) is 20.8 Å². The number of hydrogen-bond donors (Lipinski definition) is 1. The average Bonchev–Trinajstić information content (AvgIpc) is 2.81. The molecular formula is C19H29N3O. The predicted molar refractivity (Wildman–Crippen MR) is 92.5 cm³/mol. The van der Waals surface area contributed by atoms with Crippen molar-refractivity contribution < 1.29 is 4.79 Å². The molecule has 2 heterocycles. The van der Waals surface area contributed by atoms with Crippen molar-refractivity contribution >= 4 is 5.91 Å². The summed E-state index contributed by atoms with van der Waals surface area (Å²) in [6.07, 6.45) is 4.72. The Morgan fingerprint density at radius 1 is 1.48 bits per heavy atom. The molecule has 126 valence electrons. The van der Waals surface area contributed by atoms with Crippen LogP contribution in [0.15, 0.2) is 6.07 Å². The standard InChI is InChI=1S/C19H29N3O/c1-12-6-5-9-22(11-12)13(2)15-10-16(18(20)23)21-17-14(15)7-8-19(17,3)4/h10,12-13H,5-9,11H2,1-4H3,(H2,20,23)/t12-,13+/m0/s1. The molecule has 1 aliphatic carbocycles. The van der Waals surface area contributed by atoms with Gasteiger partial charge < -0.3 is 5.73 Å². The van der Waals surface area contributed by atoms with E-state index in [1.807, 2.05) is 6.07 Å². The Morgan fingerprint density at radius 2 is 2.22 bits per heavy atom. The maximum absolute atomic E-state index is 11.8. The summed E-state index contributed by atoms with van der Waals surface area (Å²) in [4.78, 5) is 18.9. The number of pyridine rings is 1. The largest absolute Gasteiger partial charge is 0.364 e. The topological polar surface area (TPSA) is 59.2 Å². The monoisotopic (exact) mass is 315 g/mol. The van der Waals surface area contributed by atoms with Gasteiger partial charge in [-0.2, -0.15) is 0 Å². The fourth-order valence-corrected chi connectivity index (χ4v) is 4.24. The first-order valence-electron chi connectivity index (χ1n) is 8.87. The SMILES string of the molecule is C[C@H]1CCCN([C@H](C)c2cc(C(N)=O)nc3c2CCC3(C)C)C1. The molecule has 0 saturated carbocycles. The molecule has 2 aliphatic rings. The summed E-state index contributed by atoms with van der Waals surface area (Å²) < 4.78 is 0. The smallest absolute Gasteiger partial charge is 0.267 e. The zero-order valence-corrected chi connectivity index (χ0v) is 14.9. The Bertz CT molecular complexity index is 623. The van der Waals surface area contributed by atoms with Crippen LogP contribution >= 0.6 is 0 Å². The Balaban J connectivity index is 2.03. The fraction of sp³-hybridized carbons (Fsp3) is 0.684. The number of nitrogens with zero attached hydrogens (tertiary/aromatic N) is 2. The van der Waals surface area contributed by atoms with Crippen LogP contribution in [-0.2, 0) is 11.8 Å². The molecule has 0 unspecified atom stereocenters. The van der Waals surface area contributed by atoms with E-state index in [4.69, 9.17) is 5.73 Å². The summed E-state index contributed by atoms with van der Waals surface area (Å²) in [5, 5.41) is 0. The summed E-state index contributed by atoms with van der Waals surface area (Å²) in [6, 6.07) is 2.27. The minimum atomic E-state index is -0.420. The second-order valence-electron chi connectivity index (χ2n) is 8.09. The molecule has 0 spiro atoms. The number of hydrogen-bond acceptors (Lipinski definition) is 3. The summed E-state index contributed by atoms with van der Waals surface area (Å²) in [6.45, 7) is 11.3. The molecule has 1 amide bonds. The van der Waals surface area contributed by atoms with Crippen molar-refractivity contribution in [2.24, 2.45) is 11.7 Å². The van der Waals surface area contributed by atoms with E-state index in [1.165, 1.54) is 24.0 Å². The molecule has 1 fully saturated rings. The van der Waals surface area contributed by atoms with Crippen LogP contribution in [0.5, 0.6) is 0 Å². The van der Waals surface area contributed by atoms with Crippen molar-refractivity contribution in [3.8, 4) is 0 Å². The Hall–Kier alpha value is -1.42. The zero-order valence-electron chi connectivity index (χ0n) is 14.9. The van der Waals surface area contributed by atoms with Gasteiger partial charge in [-0.3, -0.25) is 9.69 Å². The van der Waals surface area contributed by atoms with Gasteiger partial charge in [-0.05, 0) is 62.3 Å². The molecule has 1 aromatic rings. The lowest BCUT2D eigenvalue weighted by Gasteiger charge is -2.36. The quantitative estimate of drug-likeness (QED) is 0.932. The summed E-state index contributed by atoms with van der Waals surface area (Å²) in [5.74, 6) is 0.323. The van der Waals surface area contributed by atoms with Crippen LogP contribution in [0.1, 0.15) is 80.3 Å². The second kappa shape index (κ2) is 5.90. The molecule has 1 saturated heterocycles. The first-order valence-corrected chi connectivity index (χ1v) is 8.87. The Labute approximate surface area is 139 Å². The number of nitrogens with two attached hydrogens (primary N) is 1. The van der Waals surface area contributed by atoms with Crippen molar-refractivity contribution in [3.05, 3.63) is 28.6 Å². The molecule has 4 heteroatoms. The van der Waals surface area contributed by atoms with E-state index in [-0.39, 0.29) is 5.41 Å². The first-order chi connectivity index (χ1) is 10.8. The van der Waals surface area contributed by atoms with Crippen LogP contribution in [0, 0.1) is 5.92 Å². The molecule has 0 radical (unpaired) electrons. The molecule has 0 aromatic carbocycles. The van der Waals surface area contributed by atoms with Gasteiger partial charge in [0.25, 0.3) is 5.91 Å². The van der Waals surface area contributed by atoms with Crippen molar-refractivity contribution in [2.45, 2.75) is 64.8 Å². The number of likely N-dealkylation sites (tertiary alicyclic amines) is 1. The maximum atomic E-state index is 11.8. The van der Waals surface area contributed by atoms with Crippen LogP contribution < -0.4 is 5.73 Å². The first kappa shape index (κ1) is 16.4. The summed E-state index contributed by atoms with van der Waals surface area (Å²) >= 11 is 0. The van der Waals surface area contributed by atoms with E-state index < -0.39 is 5.91 Å². The normalized spacial score (nSPS) is 25.1. The van der Waals surface area contributed by atoms with Crippen molar-refractivity contribution in [1.82, 2.24) is 9.88 Å². The molecule has 1 aromatic heterocycles. The summed E-state index contributed by atoms with van der Waals surface area (Å²) in [7, 11) is 0. The predicted octanol–water partition coefficient (Wildman–Crippen LogP) is 3.20. The number of aromatic nitrogens is 1. The summed E-state index contributed by atoms with van der Waals surface area (Å²) in [5.41, 5.74) is 9.71. The number of fused-ring (bicyclic) bond motifs is 1. The molecule has 23 heavy (non-hydrogen) atoms. The third-order valence-corrected chi connectivity index (χ3v) is 5.74. The zero-order chi connectivity index (χ0) is 16.8. The van der Waals surface area contributed by atoms with E-state index in [2.05, 4.69) is 37.6 Å². The molecule has 2 atom stereocenters. The van der Waals surface area contributed by atoms with Crippen LogP contribution in [0.2, 0.25) is 0 Å². The van der Waals surface area contributed by atoms with E-state index in [0.717, 1.165) is 37.5 Å². The number of primary amides is 1. The lowest BCUT2D eigenvalue weighted by Crippen LogP contribution is -2.37. The van der Waals surface area contributed by atoms with Crippen molar-refractivity contribution in [3.63, 3.8) is 0 Å². The lowest BCUT2D eigenvalue weighted by atomic mass is 9.89. The number of carbonyl (C=O) groups excluding carboxylic acids is 1. The molecule has 1 aliphatic heterocycles. The minimum absolute atomic E-state index is 0.0322. The molecule has 3 rings (SSSR count). The van der Waals surface area contributed by atoms with Crippen LogP contribution in [0.25, 0.3) is 0 Å². The second-order valence-corrected chi connectivity index (χ2v) is 8.09. The fourth-order valence-electron chi connectivity index (χ4n) is 4.24. The highest BCUT2D eigenvalue weighted by molar-refractivity contribution is 5.91. The van der Waals surface area contributed by atoms with Gasteiger partial charge in [-0.15, -0.1) is 0 Å². The molecular weight excluding hydrogens is 286 g/mol. The van der Waals surface area contributed by atoms with Gasteiger partial charge in [0.15, 0.2) is 0 Å². The number of amides is 1. The molecule has 0 bridgehead atoms. The number of piperidine rings is 1. The van der Waals surface area contributed by atoms with Gasteiger partial charge in [0.1, 0.15) is 5.69 Å². The number of carbonyl (C=O) groups is 1. The van der Waals surface area contributed by atoms with E-state index in [1.54, 1.807) is 0 Å². The minimum Gasteiger partial charge on any atom is -0.364 e. The van der Waals surface area contributed by atoms with Crippen molar-refractivity contribution in [1.29, 1.82) is 0 Å². The highest BCUT2D eigenvalue weighted by atomic mass is 16.1. The van der Waals surface area contributed by atoms with Crippen molar-refractivity contribution in [2.75, 3.05) is 13.1 Å². The van der Waals surface area contributed by atoms with Crippen LogP contribution in [0.4, 0.5) is 0 Å². The van der Waals surface area contributed by atoms with Crippen LogP contribution in [-0.4, -0.2) is 28.9 Å². The van der Waals surface area contributed by atoms with Gasteiger partial charge in [-0.25, -0.2) is 4.98 Å². The van der Waals surface area contributed by atoms with E-state index in [0.29, 0.717) is 11.7 Å². The molecule has 2 N–H and O–H groups in total. The third-order valence-electron chi connectivity index (χ3n) is 5.74. The highest BCUT2D eigenvalue weighted by Gasteiger charge is 2.36.